The molecule has 3 aromatic rings. The van der Waals surface area contributed by atoms with Gasteiger partial charge in [-0.15, -0.1) is 0 Å². The van der Waals surface area contributed by atoms with Gasteiger partial charge >= 0.3 is 0 Å². The number of hydrogen-bond acceptors (Lipinski definition) is 7. The quantitative estimate of drug-likeness (QED) is 0.644. The van der Waals surface area contributed by atoms with Gasteiger partial charge in [-0.2, -0.15) is 4.98 Å². The largest absolute Gasteiger partial charge is 0.486 e. The third-order valence-corrected chi connectivity index (χ3v) is 5.32. The predicted octanol–water partition coefficient (Wildman–Crippen LogP) is 3.12. The Hall–Kier alpha value is -3.26. The average Bonchev–Trinajstić information content (AvgIpc) is 3.23. The minimum atomic E-state index is -0.261. The lowest BCUT2D eigenvalue weighted by Gasteiger charge is -2.28. The van der Waals surface area contributed by atoms with Gasteiger partial charge in [-0.3, -0.25) is 4.98 Å². The standard InChI is InChI=1S/C22H22FN5O2/c23-16-3-1-4-17(13-16)28-8-6-19-20(15-30-18-5-2-7-24-14-18)25-22(26-21(19)28)27-9-11-29-12-10-27/h1-5,7,13-14H,6,8-12,15H2. The number of morpholine rings is 1. The molecule has 0 N–H and O–H groups in total. The summed E-state index contributed by atoms with van der Waals surface area (Å²) in [5, 5.41) is 0. The Morgan fingerprint density at radius 1 is 1.07 bits per heavy atom. The third-order valence-electron chi connectivity index (χ3n) is 5.32. The monoisotopic (exact) mass is 407 g/mol. The molecule has 1 saturated heterocycles. The van der Waals surface area contributed by atoms with Gasteiger partial charge in [-0.05, 0) is 36.8 Å². The number of hydrogen-bond donors (Lipinski definition) is 0. The summed E-state index contributed by atoms with van der Waals surface area (Å²) in [7, 11) is 0. The highest BCUT2D eigenvalue weighted by molar-refractivity contribution is 5.68. The Balaban J connectivity index is 1.51. The molecule has 0 bridgehead atoms. The van der Waals surface area contributed by atoms with E-state index in [2.05, 4.69) is 14.8 Å². The number of benzene rings is 1. The predicted molar refractivity (Wildman–Crippen MR) is 111 cm³/mol. The smallest absolute Gasteiger partial charge is 0.227 e. The van der Waals surface area contributed by atoms with Gasteiger partial charge < -0.3 is 19.3 Å². The van der Waals surface area contributed by atoms with E-state index in [0.29, 0.717) is 31.5 Å². The van der Waals surface area contributed by atoms with Crippen LogP contribution < -0.4 is 14.5 Å². The molecule has 0 spiro atoms. The molecule has 0 saturated carbocycles. The van der Waals surface area contributed by atoms with Gasteiger partial charge in [0.25, 0.3) is 0 Å². The number of fused-ring (bicyclic) bond motifs is 1. The summed E-state index contributed by atoms with van der Waals surface area (Å²) in [6, 6.07) is 10.3. The molecule has 154 valence electrons. The van der Waals surface area contributed by atoms with Gasteiger partial charge in [0, 0.05) is 37.1 Å². The summed E-state index contributed by atoms with van der Waals surface area (Å²) in [5.41, 5.74) is 2.68. The topological polar surface area (TPSA) is 63.6 Å². The van der Waals surface area contributed by atoms with Crippen LogP contribution in [-0.4, -0.2) is 47.8 Å². The van der Waals surface area contributed by atoms with Crippen LogP contribution in [0.5, 0.6) is 5.75 Å². The summed E-state index contributed by atoms with van der Waals surface area (Å²) in [6.07, 6.45) is 4.17. The lowest BCUT2D eigenvalue weighted by molar-refractivity contribution is 0.122. The Labute approximate surface area is 174 Å². The fourth-order valence-electron chi connectivity index (χ4n) is 3.82. The molecule has 1 aromatic carbocycles. The molecule has 0 atom stereocenters. The Bertz CT molecular complexity index is 1030. The molecule has 4 heterocycles. The minimum Gasteiger partial charge on any atom is -0.486 e. The van der Waals surface area contributed by atoms with Crippen LogP contribution in [0.25, 0.3) is 0 Å². The summed E-state index contributed by atoms with van der Waals surface area (Å²) < 4.78 is 25.3. The van der Waals surface area contributed by atoms with Crippen LogP contribution in [0.3, 0.4) is 0 Å². The van der Waals surface area contributed by atoms with Crippen molar-refractivity contribution in [2.24, 2.45) is 0 Å². The van der Waals surface area contributed by atoms with Crippen LogP contribution >= 0.6 is 0 Å². The Morgan fingerprint density at radius 3 is 2.77 bits per heavy atom. The second-order valence-electron chi connectivity index (χ2n) is 7.23. The fraction of sp³-hybridized carbons (Fsp3) is 0.318. The zero-order valence-electron chi connectivity index (χ0n) is 16.5. The van der Waals surface area contributed by atoms with Crippen LogP contribution in [-0.2, 0) is 17.8 Å². The normalized spacial score (nSPS) is 15.9. The van der Waals surface area contributed by atoms with Crippen LogP contribution in [0.15, 0.2) is 48.8 Å². The van der Waals surface area contributed by atoms with Gasteiger partial charge in [0.1, 0.15) is 24.0 Å². The van der Waals surface area contributed by atoms with Crippen LogP contribution in [0.4, 0.5) is 21.8 Å². The number of rotatable bonds is 5. The molecular formula is C22H22FN5O2. The van der Waals surface area contributed by atoms with Crippen molar-refractivity contribution in [1.29, 1.82) is 0 Å². The Morgan fingerprint density at radius 2 is 1.97 bits per heavy atom. The molecule has 30 heavy (non-hydrogen) atoms. The highest BCUT2D eigenvalue weighted by Gasteiger charge is 2.29. The molecular weight excluding hydrogens is 385 g/mol. The molecule has 0 radical (unpaired) electrons. The molecule has 0 amide bonds. The van der Waals surface area contributed by atoms with Crippen molar-refractivity contribution in [2.45, 2.75) is 13.0 Å². The lowest BCUT2D eigenvalue weighted by Crippen LogP contribution is -2.37. The average molecular weight is 407 g/mol. The SMILES string of the molecule is Fc1cccc(N2CCc3c(COc4cccnc4)nc(N4CCOCC4)nc32)c1. The zero-order valence-corrected chi connectivity index (χ0v) is 16.5. The lowest BCUT2D eigenvalue weighted by atomic mass is 10.2. The van der Waals surface area contributed by atoms with Gasteiger partial charge in [0.05, 0.1) is 25.1 Å². The first-order chi connectivity index (χ1) is 14.8. The van der Waals surface area contributed by atoms with E-state index in [9.17, 15) is 4.39 Å². The number of nitrogens with zero attached hydrogens (tertiary/aromatic N) is 5. The maximum Gasteiger partial charge on any atom is 0.227 e. The molecule has 2 aliphatic heterocycles. The van der Waals surface area contributed by atoms with E-state index >= 15 is 0 Å². The minimum absolute atomic E-state index is 0.261. The van der Waals surface area contributed by atoms with E-state index in [4.69, 9.17) is 19.4 Å². The van der Waals surface area contributed by atoms with E-state index < -0.39 is 0 Å². The highest BCUT2D eigenvalue weighted by Crippen LogP contribution is 2.36. The van der Waals surface area contributed by atoms with Crippen molar-refractivity contribution in [1.82, 2.24) is 15.0 Å². The molecule has 2 aromatic heterocycles. The van der Waals surface area contributed by atoms with E-state index in [1.54, 1.807) is 18.5 Å². The molecule has 2 aliphatic rings. The molecule has 5 rings (SSSR count). The van der Waals surface area contributed by atoms with Crippen molar-refractivity contribution >= 4 is 17.5 Å². The van der Waals surface area contributed by atoms with E-state index in [1.807, 2.05) is 18.2 Å². The van der Waals surface area contributed by atoms with Gasteiger partial charge in [-0.25, -0.2) is 9.37 Å². The number of pyridine rings is 1. The summed E-state index contributed by atoms with van der Waals surface area (Å²) >= 11 is 0. The molecule has 7 nitrogen and oxygen atoms in total. The summed E-state index contributed by atoms with van der Waals surface area (Å²) in [4.78, 5) is 18.0. The van der Waals surface area contributed by atoms with Gasteiger partial charge in [-0.1, -0.05) is 6.07 Å². The van der Waals surface area contributed by atoms with Crippen molar-refractivity contribution in [3.8, 4) is 5.75 Å². The second kappa shape index (κ2) is 8.23. The zero-order chi connectivity index (χ0) is 20.3. The number of anilines is 3. The Kier molecular flexibility index (Phi) is 5.15. The van der Waals surface area contributed by atoms with Gasteiger partial charge in [0.15, 0.2) is 0 Å². The van der Waals surface area contributed by atoms with E-state index in [0.717, 1.165) is 48.8 Å². The van der Waals surface area contributed by atoms with Crippen molar-refractivity contribution in [3.05, 3.63) is 65.9 Å². The van der Waals surface area contributed by atoms with Crippen LogP contribution in [0, 0.1) is 5.82 Å². The molecule has 1 fully saturated rings. The third kappa shape index (κ3) is 3.78. The first-order valence-electron chi connectivity index (χ1n) is 10.1. The van der Waals surface area contributed by atoms with E-state index in [-0.39, 0.29) is 5.82 Å². The van der Waals surface area contributed by atoms with E-state index in [1.165, 1.54) is 12.1 Å². The number of halogens is 1. The first kappa shape index (κ1) is 18.7. The molecule has 0 unspecified atom stereocenters. The van der Waals surface area contributed by atoms with Gasteiger partial charge in [0.2, 0.25) is 5.95 Å². The summed E-state index contributed by atoms with van der Waals surface area (Å²) in [5.74, 6) is 1.91. The molecule has 0 aliphatic carbocycles. The van der Waals surface area contributed by atoms with Crippen LogP contribution in [0.2, 0.25) is 0 Å². The van der Waals surface area contributed by atoms with Crippen molar-refractivity contribution < 1.29 is 13.9 Å². The fourth-order valence-corrected chi connectivity index (χ4v) is 3.82. The number of ether oxygens (including phenoxy) is 2. The molecule has 8 heteroatoms. The second-order valence-corrected chi connectivity index (χ2v) is 7.23. The van der Waals surface area contributed by atoms with Crippen LogP contribution in [0.1, 0.15) is 11.3 Å². The number of aromatic nitrogens is 3. The van der Waals surface area contributed by atoms with Crippen molar-refractivity contribution in [2.75, 3.05) is 42.6 Å². The summed E-state index contributed by atoms with van der Waals surface area (Å²) in [6.45, 7) is 3.82. The van der Waals surface area contributed by atoms with Crippen molar-refractivity contribution in [3.63, 3.8) is 0 Å². The first-order valence-corrected chi connectivity index (χ1v) is 10.1. The maximum atomic E-state index is 13.8. The highest BCUT2D eigenvalue weighted by atomic mass is 19.1. The maximum absolute atomic E-state index is 13.8.